The number of hydrogen-bond acceptors (Lipinski definition) is 3. The van der Waals surface area contributed by atoms with E-state index in [-0.39, 0.29) is 18.4 Å². The lowest BCUT2D eigenvalue weighted by molar-refractivity contribution is 0.0625. The molecule has 1 aliphatic heterocycles. The molecule has 1 aromatic rings. The Labute approximate surface area is 131 Å². The van der Waals surface area contributed by atoms with Crippen LogP contribution in [0, 0.1) is 11.8 Å². The number of carbonyl (C=O) groups is 1. The molecule has 2 unspecified atom stereocenters. The van der Waals surface area contributed by atoms with Crippen LogP contribution in [0.2, 0.25) is 0 Å². The van der Waals surface area contributed by atoms with Gasteiger partial charge in [0.2, 0.25) is 0 Å². The molecule has 1 saturated heterocycles. The molecule has 3 rings (SSSR count). The van der Waals surface area contributed by atoms with Crippen molar-refractivity contribution in [1.82, 2.24) is 4.90 Å². The minimum Gasteiger partial charge on any atom is -0.396 e. The number of rotatable bonds is 3. The second-order valence-electron chi connectivity index (χ2n) is 6.52. The Balaban J connectivity index is 1.72. The number of thiophene rings is 1. The third kappa shape index (κ3) is 3.16. The SMILES string of the molecule is CCC1CCc2sc(C(=O)N3CCCC(CO)C3)cc2C1. The van der Waals surface area contributed by atoms with E-state index >= 15 is 0 Å². The van der Waals surface area contributed by atoms with E-state index in [0.29, 0.717) is 0 Å². The van der Waals surface area contributed by atoms with E-state index in [2.05, 4.69) is 13.0 Å². The number of aliphatic hydroxyl groups is 1. The first kappa shape index (κ1) is 15.0. The van der Waals surface area contributed by atoms with Crippen molar-refractivity contribution >= 4 is 17.2 Å². The number of nitrogens with zero attached hydrogens (tertiary/aromatic N) is 1. The topological polar surface area (TPSA) is 40.5 Å². The van der Waals surface area contributed by atoms with Crippen LogP contribution >= 0.6 is 11.3 Å². The zero-order chi connectivity index (χ0) is 14.8. The van der Waals surface area contributed by atoms with E-state index in [4.69, 9.17) is 0 Å². The molecule has 0 bridgehead atoms. The van der Waals surface area contributed by atoms with E-state index < -0.39 is 0 Å². The molecule has 1 N–H and O–H groups in total. The van der Waals surface area contributed by atoms with Gasteiger partial charge >= 0.3 is 0 Å². The number of piperidine rings is 1. The number of carbonyl (C=O) groups excluding carboxylic acids is 1. The van der Waals surface area contributed by atoms with E-state index in [1.54, 1.807) is 11.3 Å². The fourth-order valence-corrected chi connectivity index (χ4v) is 4.78. The number of likely N-dealkylation sites (tertiary alicyclic amines) is 1. The molecule has 3 nitrogen and oxygen atoms in total. The van der Waals surface area contributed by atoms with Crippen LogP contribution in [0.4, 0.5) is 0 Å². The summed E-state index contributed by atoms with van der Waals surface area (Å²) in [5.74, 6) is 1.24. The van der Waals surface area contributed by atoms with Gasteiger partial charge in [-0.3, -0.25) is 4.79 Å². The summed E-state index contributed by atoms with van der Waals surface area (Å²) in [4.78, 5) is 17.0. The van der Waals surface area contributed by atoms with Gasteiger partial charge in [-0.05, 0) is 55.6 Å². The molecule has 116 valence electrons. The van der Waals surface area contributed by atoms with Gasteiger partial charge in [0.25, 0.3) is 5.91 Å². The van der Waals surface area contributed by atoms with Gasteiger partial charge in [0.1, 0.15) is 0 Å². The molecule has 2 heterocycles. The monoisotopic (exact) mass is 307 g/mol. The predicted molar refractivity (Wildman–Crippen MR) is 85.8 cm³/mol. The maximum Gasteiger partial charge on any atom is 0.263 e. The first-order chi connectivity index (χ1) is 10.2. The van der Waals surface area contributed by atoms with Gasteiger partial charge < -0.3 is 10.0 Å². The number of aryl methyl sites for hydroxylation is 1. The first-order valence-corrected chi connectivity index (χ1v) is 9.04. The summed E-state index contributed by atoms with van der Waals surface area (Å²) in [5.41, 5.74) is 1.41. The lowest BCUT2D eigenvalue weighted by Crippen LogP contribution is -2.40. The molecular formula is C17H25NO2S. The zero-order valence-electron chi connectivity index (χ0n) is 12.8. The van der Waals surface area contributed by atoms with Crippen LogP contribution in [0.15, 0.2) is 6.07 Å². The van der Waals surface area contributed by atoms with E-state index in [0.717, 1.165) is 49.6 Å². The third-order valence-electron chi connectivity index (χ3n) is 5.04. The Bertz CT molecular complexity index is 511. The standard InChI is InChI=1S/C17H25NO2S/c1-2-12-5-6-15-14(8-12)9-16(21-15)17(20)18-7-3-4-13(10-18)11-19/h9,12-13,19H,2-8,10-11H2,1H3. The highest BCUT2D eigenvalue weighted by Crippen LogP contribution is 2.34. The predicted octanol–water partition coefficient (Wildman–Crippen LogP) is 3.11. The number of hydrogen-bond donors (Lipinski definition) is 1. The lowest BCUT2D eigenvalue weighted by Gasteiger charge is -2.31. The highest BCUT2D eigenvalue weighted by molar-refractivity contribution is 7.14. The second kappa shape index (κ2) is 6.49. The lowest BCUT2D eigenvalue weighted by atomic mass is 9.87. The van der Waals surface area contributed by atoms with Crippen LogP contribution in [0.25, 0.3) is 0 Å². The summed E-state index contributed by atoms with van der Waals surface area (Å²) >= 11 is 1.70. The van der Waals surface area contributed by atoms with Gasteiger partial charge in [0.15, 0.2) is 0 Å². The van der Waals surface area contributed by atoms with Gasteiger partial charge in [-0.2, -0.15) is 0 Å². The molecule has 1 aromatic heterocycles. The van der Waals surface area contributed by atoms with Crippen LogP contribution in [0.3, 0.4) is 0 Å². The highest BCUT2D eigenvalue weighted by Gasteiger charge is 2.27. The number of fused-ring (bicyclic) bond motifs is 1. The van der Waals surface area contributed by atoms with Crippen molar-refractivity contribution in [2.45, 2.75) is 45.4 Å². The molecule has 1 amide bonds. The molecule has 4 heteroatoms. The van der Waals surface area contributed by atoms with Gasteiger partial charge in [0, 0.05) is 24.6 Å². The normalized spacial score (nSPS) is 25.7. The molecule has 1 fully saturated rings. The van der Waals surface area contributed by atoms with Crippen LogP contribution in [0.1, 0.15) is 52.7 Å². The van der Waals surface area contributed by atoms with Gasteiger partial charge in [0.05, 0.1) is 4.88 Å². The van der Waals surface area contributed by atoms with Gasteiger partial charge in [-0.1, -0.05) is 13.3 Å². The summed E-state index contributed by atoms with van der Waals surface area (Å²) < 4.78 is 0. The van der Waals surface area contributed by atoms with Crippen molar-refractivity contribution in [1.29, 1.82) is 0 Å². The third-order valence-corrected chi connectivity index (χ3v) is 6.26. The van der Waals surface area contributed by atoms with Gasteiger partial charge in [-0.15, -0.1) is 11.3 Å². The molecule has 0 saturated carbocycles. The minimum atomic E-state index is 0.181. The van der Waals surface area contributed by atoms with Crippen molar-refractivity contribution < 1.29 is 9.90 Å². The second-order valence-corrected chi connectivity index (χ2v) is 7.65. The van der Waals surface area contributed by atoms with Crippen LogP contribution in [0.5, 0.6) is 0 Å². The van der Waals surface area contributed by atoms with E-state index in [9.17, 15) is 9.90 Å². The molecule has 0 aromatic carbocycles. The van der Waals surface area contributed by atoms with Crippen molar-refractivity contribution in [3.63, 3.8) is 0 Å². The summed E-state index contributed by atoms with van der Waals surface area (Å²) in [6, 6.07) is 2.15. The van der Waals surface area contributed by atoms with E-state index in [1.807, 2.05) is 4.90 Å². The van der Waals surface area contributed by atoms with Gasteiger partial charge in [-0.25, -0.2) is 0 Å². The Morgan fingerprint density at radius 1 is 1.43 bits per heavy atom. The molecular weight excluding hydrogens is 282 g/mol. The fourth-order valence-electron chi connectivity index (χ4n) is 3.61. The quantitative estimate of drug-likeness (QED) is 0.932. The Hall–Kier alpha value is -0.870. The molecule has 0 spiro atoms. The Morgan fingerprint density at radius 2 is 2.29 bits per heavy atom. The van der Waals surface area contributed by atoms with Crippen molar-refractivity contribution in [2.24, 2.45) is 11.8 Å². The Kier molecular flexibility index (Phi) is 4.65. The molecule has 1 aliphatic carbocycles. The maximum atomic E-state index is 12.7. The zero-order valence-corrected chi connectivity index (χ0v) is 13.6. The molecule has 2 aliphatic rings. The number of aliphatic hydroxyl groups excluding tert-OH is 1. The summed E-state index contributed by atoms with van der Waals surface area (Å²) in [7, 11) is 0. The average Bonchev–Trinajstić information content (AvgIpc) is 2.97. The van der Waals surface area contributed by atoms with Crippen LogP contribution in [-0.2, 0) is 12.8 Å². The van der Waals surface area contributed by atoms with Crippen LogP contribution < -0.4 is 0 Å². The molecule has 0 radical (unpaired) electrons. The Morgan fingerprint density at radius 3 is 3.05 bits per heavy atom. The smallest absolute Gasteiger partial charge is 0.263 e. The van der Waals surface area contributed by atoms with E-state index in [1.165, 1.54) is 23.3 Å². The largest absolute Gasteiger partial charge is 0.396 e. The van der Waals surface area contributed by atoms with Crippen molar-refractivity contribution in [2.75, 3.05) is 19.7 Å². The summed E-state index contributed by atoms with van der Waals surface area (Å²) in [6.45, 7) is 4.02. The molecule has 21 heavy (non-hydrogen) atoms. The minimum absolute atomic E-state index is 0.181. The number of amides is 1. The summed E-state index contributed by atoms with van der Waals surface area (Å²) in [6.07, 6.45) is 6.86. The maximum absolute atomic E-state index is 12.7. The molecule has 2 atom stereocenters. The van der Waals surface area contributed by atoms with Crippen LogP contribution in [-0.4, -0.2) is 35.6 Å². The average molecular weight is 307 g/mol. The van der Waals surface area contributed by atoms with Crippen molar-refractivity contribution in [3.05, 3.63) is 21.4 Å². The highest BCUT2D eigenvalue weighted by atomic mass is 32.1. The summed E-state index contributed by atoms with van der Waals surface area (Å²) in [5, 5.41) is 9.31. The fraction of sp³-hybridized carbons (Fsp3) is 0.706. The van der Waals surface area contributed by atoms with Crippen molar-refractivity contribution in [3.8, 4) is 0 Å². The first-order valence-electron chi connectivity index (χ1n) is 8.23.